The van der Waals surface area contributed by atoms with Crippen molar-refractivity contribution >= 4 is 5.91 Å². The van der Waals surface area contributed by atoms with Crippen LogP contribution in [0.1, 0.15) is 30.1 Å². The van der Waals surface area contributed by atoms with Crippen molar-refractivity contribution in [2.24, 2.45) is 5.73 Å². The molecule has 1 heterocycles. The second-order valence-corrected chi connectivity index (χ2v) is 5.37. The number of carbonyl (C=O) groups is 1. The van der Waals surface area contributed by atoms with Crippen LogP contribution in [0.25, 0.3) is 0 Å². The second-order valence-electron chi connectivity index (χ2n) is 5.37. The summed E-state index contributed by atoms with van der Waals surface area (Å²) in [5, 5.41) is 0. The minimum absolute atomic E-state index is 0.0284. The highest BCUT2D eigenvalue weighted by Crippen LogP contribution is 2.28. The molecule has 20 heavy (non-hydrogen) atoms. The predicted octanol–water partition coefficient (Wildman–Crippen LogP) is 1.66. The van der Waals surface area contributed by atoms with Crippen LogP contribution in [-0.2, 0) is 0 Å². The number of ether oxygens (including phenoxy) is 2. The number of carbonyl (C=O) groups excluding carboxylic acids is 1. The van der Waals surface area contributed by atoms with Gasteiger partial charge in [-0.3, -0.25) is 4.79 Å². The Hall–Kier alpha value is -1.75. The minimum atomic E-state index is -0.215. The molecule has 0 bridgehead atoms. The van der Waals surface area contributed by atoms with Gasteiger partial charge in [0.25, 0.3) is 5.91 Å². The van der Waals surface area contributed by atoms with Crippen molar-refractivity contribution in [3.63, 3.8) is 0 Å². The summed E-state index contributed by atoms with van der Waals surface area (Å²) in [4.78, 5) is 14.2. The monoisotopic (exact) mass is 278 g/mol. The third kappa shape index (κ3) is 2.88. The van der Waals surface area contributed by atoms with Gasteiger partial charge >= 0.3 is 0 Å². The number of amides is 1. The van der Waals surface area contributed by atoms with Crippen LogP contribution in [0.4, 0.5) is 0 Å². The smallest absolute Gasteiger partial charge is 0.254 e. The van der Waals surface area contributed by atoms with Crippen LogP contribution in [0.15, 0.2) is 18.2 Å². The molecule has 5 heteroatoms. The van der Waals surface area contributed by atoms with E-state index in [0.717, 1.165) is 12.8 Å². The predicted molar refractivity (Wildman–Crippen MR) is 77.3 cm³/mol. The summed E-state index contributed by atoms with van der Waals surface area (Å²) >= 11 is 0. The van der Waals surface area contributed by atoms with Crippen molar-refractivity contribution in [1.82, 2.24) is 4.90 Å². The van der Waals surface area contributed by atoms with E-state index in [2.05, 4.69) is 6.92 Å². The molecule has 0 atom stereocenters. The number of methoxy groups -OCH3 is 2. The summed E-state index contributed by atoms with van der Waals surface area (Å²) in [6.07, 6.45) is 1.98. The number of likely N-dealkylation sites (tertiary alicyclic amines) is 1. The fourth-order valence-electron chi connectivity index (χ4n) is 2.63. The third-order valence-corrected chi connectivity index (χ3v) is 3.65. The van der Waals surface area contributed by atoms with E-state index in [1.54, 1.807) is 37.3 Å². The highest BCUT2D eigenvalue weighted by atomic mass is 16.5. The Morgan fingerprint density at radius 2 is 1.80 bits per heavy atom. The first-order chi connectivity index (χ1) is 9.51. The van der Waals surface area contributed by atoms with Gasteiger partial charge in [-0.2, -0.15) is 0 Å². The van der Waals surface area contributed by atoms with Crippen LogP contribution >= 0.6 is 0 Å². The van der Waals surface area contributed by atoms with Crippen molar-refractivity contribution in [2.45, 2.75) is 25.3 Å². The van der Waals surface area contributed by atoms with Crippen molar-refractivity contribution in [3.05, 3.63) is 23.8 Å². The van der Waals surface area contributed by atoms with Gasteiger partial charge in [0.1, 0.15) is 11.5 Å². The van der Waals surface area contributed by atoms with Crippen LogP contribution in [0, 0.1) is 0 Å². The summed E-state index contributed by atoms with van der Waals surface area (Å²) in [5.74, 6) is 1.20. The van der Waals surface area contributed by atoms with Crippen molar-refractivity contribution < 1.29 is 14.3 Å². The van der Waals surface area contributed by atoms with E-state index >= 15 is 0 Å². The third-order valence-electron chi connectivity index (χ3n) is 3.65. The van der Waals surface area contributed by atoms with E-state index < -0.39 is 0 Å². The SMILES string of the molecule is CCCC1(N)CN(C(=O)c2cc(OC)cc(OC)c2)C1. The molecule has 1 fully saturated rings. The first-order valence-corrected chi connectivity index (χ1v) is 6.82. The zero-order valence-electron chi connectivity index (χ0n) is 12.3. The Morgan fingerprint density at radius 3 is 2.25 bits per heavy atom. The molecule has 2 rings (SSSR count). The van der Waals surface area contributed by atoms with E-state index in [-0.39, 0.29) is 11.4 Å². The number of hydrogen-bond donors (Lipinski definition) is 1. The molecule has 1 aliphatic heterocycles. The van der Waals surface area contributed by atoms with E-state index in [1.807, 2.05) is 0 Å². The van der Waals surface area contributed by atoms with Gasteiger partial charge in [0.05, 0.1) is 19.8 Å². The molecule has 1 saturated heterocycles. The molecular weight excluding hydrogens is 256 g/mol. The van der Waals surface area contributed by atoms with Gasteiger partial charge in [-0.15, -0.1) is 0 Å². The van der Waals surface area contributed by atoms with Gasteiger partial charge in [-0.1, -0.05) is 13.3 Å². The van der Waals surface area contributed by atoms with Crippen molar-refractivity contribution in [3.8, 4) is 11.5 Å². The molecule has 0 aromatic heterocycles. The lowest BCUT2D eigenvalue weighted by molar-refractivity contribution is 0.0386. The maximum absolute atomic E-state index is 12.4. The molecule has 1 aromatic carbocycles. The Balaban J connectivity index is 2.11. The molecule has 110 valence electrons. The maximum Gasteiger partial charge on any atom is 0.254 e. The van der Waals surface area contributed by atoms with Crippen molar-refractivity contribution in [2.75, 3.05) is 27.3 Å². The lowest BCUT2D eigenvalue weighted by Crippen LogP contribution is -2.68. The Labute approximate surface area is 119 Å². The van der Waals surface area contributed by atoms with E-state index in [9.17, 15) is 4.79 Å². The Bertz CT molecular complexity index is 474. The number of nitrogens with two attached hydrogens (primary N) is 1. The highest BCUT2D eigenvalue weighted by Gasteiger charge is 2.41. The zero-order chi connectivity index (χ0) is 14.8. The lowest BCUT2D eigenvalue weighted by Gasteiger charge is -2.47. The summed E-state index contributed by atoms with van der Waals surface area (Å²) < 4.78 is 10.4. The van der Waals surface area contributed by atoms with E-state index in [4.69, 9.17) is 15.2 Å². The van der Waals surface area contributed by atoms with E-state index in [0.29, 0.717) is 30.2 Å². The standard InChI is InChI=1S/C15H22N2O3/c1-4-5-15(16)9-17(10-15)14(18)11-6-12(19-2)8-13(7-11)20-3/h6-8H,4-5,9-10,16H2,1-3H3. The lowest BCUT2D eigenvalue weighted by atomic mass is 9.86. The first-order valence-electron chi connectivity index (χ1n) is 6.82. The average molecular weight is 278 g/mol. The fourth-order valence-corrected chi connectivity index (χ4v) is 2.63. The van der Waals surface area contributed by atoms with Gasteiger partial charge in [-0.25, -0.2) is 0 Å². The molecule has 1 amide bonds. The van der Waals surface area contributed by atoms with Gasteiger partial charge in [0.2, 0.25) is 0 Å². The first kappa shape index (κ1) is 14.7. The number of hydrogen-bond acceptors (Lipinski definition) is 4. The van der Waals surface area contributed by atoms with Gasteiger partial charge in [-0.05, 0) is 18.6 Å². The molecule has 1 aromatic rings. The second kappa shape index (κ2) is 5.71. The van der Waals surface area contributed by atoms with Crippen LogP contribution in [0.2, 0.25) is 0 Å². The Morgan fingerprint density at radius 1 is 1.25 bits per heavy atom. The normalized spacial score (nSPS) is 16.5. The molecule has 0 aliphatic carbocycles. The Kier molecular flexibility index (Phi) is 4.18. The maximum atomic E-state index is 12.4. The largest absolute Gasteiger partial charge is 0.497 e. The summed E-state index contributed by atoms with van der Waals surface area (Å²) in [6, 6.07) is 5.19. The van der Waals surface area contributed by atoms with Crippen molar-refractivity contribution in [1.29, 1.82) is 0 Å². The molecule has 5 nitrogen and oxygen atoms in total. The van der Waals surface area contributed by atoms with Gasteiger partial charge in [0, 0.05) is 24.7 Å². The molecule has 0 saturated carbocycles. The number of nitrogens with zero attached hydrogens (tertiary/aromatic N) is 1. The summed E-state index contributed by atoms with van der Waals surface area (Å²) in [7, 11) is 3.14. The van der Waals surface area contributed by atoms with Gasteiger partial charge < -0.3 is 20.1 Å². The molecule has 1 aliphatic rings. The summed E-state index contributed by atoms with van der Waals surface area (Å²) in [6.45, 7) is 3.32. The number of benzene rings is 1. The van der Waals surface area contributed by atoms with Crippen LogP contribution in [-0.4, -0.2) is 43.7 Å². The van der Waals surface area contributed by atoms with Crippen LogP contribution < -0.4 is 15.2 Å². The average Bonchev–Trinajstić information content (AvgIpc) is 2.43. The zero-order valence-corrected chi connectivity index (χ0v) is 12.3. The molecule has 0 radical (unpaired) electrons. The molecule has 0 spiro atoms. The quantitative estimate of drug-likeness (QED) is 0.889. The highest BCUT2D eigenvalue weighted by molar-refractivity contribution is 5.95. The molecule has 2 N–H and O–H groups in total. The van der Waals surface area contributed by atoms with E-state index in [1.165, 1.54) is 0 Å². The van der Waals surface area contributed by atoms with Crippen LogP contribution in [0.5, 0.6) is 11.5 Å². The fraction of sp³-hybridized carbons (Fsp3) is 0.533. The topological polar surface area (TPSA) is 64.8 Å². The molecule has 0 unspecified atom stereocenters. The molecular formula is C15H22N2O3. The van der Waals surface area contributed by atoms with Crippen LogP contribution in [0.3, 0.4) is 0 Å². The minimum Gasteiger partial charge on any atom is -0.497 e. The van der Waals surface area contributed by atoms with Gasteiger partial charge in [0.15, 0.2) is 0 Å². The number of rotatable bonds is 5. The summed E-state index contributed by atoms with van der Waals surface area (Å²) in [5.41, 5.74) is 6.54.